The summed E-state index contributed by atoms with van der Waals surface area (Å²) in [5, 5.41) is 0. The largest absolute Gasteiger partial charge is 0.0619 e. The van der Waals surface area contributed by atoms with Gasteiger partial charge in [0.1, 0.15) is 0 Å². The smallest absolute Gasteiger partial charge is 0.0158 e. The Morgan fingerprint density at radius 2 is 0.630 bits per heavy atom. The first-order valence-corrected chi connectivity index (χ1v) is 9.56. The van der Waals surface area contributed by atoms with Gasteiger partial charge >= 0.3 is 0 Å². The molecule has 0 unspecified atom stereocenters. The quantitative estimate of drug-likeness (QED) is 0.313. The molecule has 130 valence electrons. The van der Waals surface area contributed by atoms with E-state index in [9.17, 15) is 0 Å². The average molecular weight is 346 g/mol. The minimum absolute atomic E-state index is 0.0995. The Morgan fingerprint density at radius 1 is 0.370 bits per heavy atom. The number of fused-ring (bicyclic) bond motifs is 7. The standard InChI is InChI=1S/C27H22/c1-27(2)25-17-9-7-15-23(25)21-13-5-3-11-19(21)20-12-4-6-14-22(20)24-16-8-10-18-26(24)27/h3-18H,1-2H3. The minimum atomic E-state index is -0.0995. The van der Waals surface area contributed by atoms with Gasteiger partial charge in [0.15, 0.2) is 0 Å². The molecule has 0 fully saturated rings. The predicted octanol–water partition coefficient (Wildman–Crippen LogP) is 7.33. The van der Waals surface area contributed by atoms with E-state index in [2.05, 4.69) is 111 Å². The van der Waals surface area contributed by atoms with E-state index in [-0.39, 0.29) is 5.41 Å². The minimum Gasteiger partial charge on any atom is -0.0619 e. The second-order valence-electron chi connectivity index (χ2n) is 7.81. The van der Waals surface area contributed by atoms with E-state index in [0.717, 1.165) is 0 Å². The van der Waals surface area contributed by atoms with Crippen LogP contribution in [0.15, 0.2) is 97.1 Å². The molecule has 0 bridgehead atoms. The van der Waals surface area contributed by atoms with Crippen LogP contribution in [0.4, 0.5) is 0 Å². The van der Waals surface area contributed by atoms with Crippen molar-refractivity contribution in [1.29, 1.82) is 0 Å². The van der Waals surface area contributed by atoms with Crippen LogP contribution in [0.1, 0.15) is 25.0 Å². The van der Waals surface area contributed by atoms with Crippen molar-refractivity contribution in [3.05, 3.63) is 108 Å². The summed E-state index contributed by atoms with van der Waals surface area (Å²) in [6.07, 6.45) is 0. The summed E-state index contributed by atoms with van der Waals surface area (Å²) in [7, 11) is 0. The van der Waals surface area contributed by atoms with Crippen LogP contribution < -0.4 is 0 Å². The highest BCUT2D eigenvalue weighted by molar-refractivity contribution is 5.94. The lowest BCUT2D eigenvalue weighted by molar-refractivity contribution is 0.645. The Morgan fingerprint density at radius 3 is 1.00 bits per heavy atom. The lowest BCUT2D eigenvalue weighted by atomic mass is 9.73. The molecule has 0 amide bonds. The van der Waals surface area contributed by atoms with E-state index in [4.69, 9.17) is 0 Å². The van der Waals surface area contributed by atoms with E-state index in [1.165, 1.54) is 44.5 Å². The first-order chi connectivity index (χ1) is 13.2. The van der Waals surface area contributed by atoms with Crippen molar-refractivity contribution >= 4 is 0 Å². The van der Waals surface area contributed by atoms with Gasteiger partial charge in [0.2, 0.25) is 0 Å². The number of rotatable bonds is 0. The third-order valence-electron chi connectivity index (χ3n) is 5.93. The molecule has 0 heteroatoms. The fourth-order valence-corrected chi connectivity index (χ4v) is 4.58. The topological polar surface area (TPSA) is 0 Å². The monoisotopic (exact) mass is 346 g/mol. The van der Waals surface area contributed by atoms with Gasteiger partial charge in [-0.3, -0.25) is 0 Å². The van der Waals surface area contributed by atoms with Crippen LogP contribution in [0, 0.1) is 0 Å². The molecule has 0 heterocycles. The van der Waals surface area contributed by atoms with E-state index in [1.54, 1.807) is 0 Å². The lowest BCUT2D eigenvalue weighted by Gasteiger charge is -2.30. The molecule has 0 aromatic heterocycles. The van der Waals surface area contributed by atoms with E-state index in [0.29, 0.717) is 0 Å². The van der Waals surface area contributed by atoms with Crippen LogP contribution in [0.5, 0.6) is 0 Å². The van der Waals surface area contributed by atoms with E-state index >= 15 is 0 Å². The zero-order valence-electron chi connectivity index (χ0n) is 15.7. The zero-order chi connectivity index (χ0) is 18.4. The van der Waals surface area contributed by atoms with Crippen molar-refractivity contribution in [3.63, 3.8) is 0 Å². The third-order valence-corrected chi connectivity index (χ3v) is 5.93. The molecule has 0 aliphatic heterocycles. The molecule has 5 rings (SSSR count). The highest BCUT2D eigenvalue weighted by Gasteiger charge is 2.31. The fraction of sp³-hybridized carbons (Fsp3) is 0.111. The van der Waals surface area contributed by atoms with Gasteiger partial charge in [-0.25, -0.2) is 0 Å². The maximum Gasteiger partial charge on any atom is 0.0158 e. The van der Waals surface area contributed by atoms with Crippen LogP contribution in [-0.4, -0.2) is 0 Å². The summed E-state index contributed by atoms with van der Waals surface area (Å²) in [6.45, 7) is 4.70. The van der Waals surface area contributed by atoms with Gasteiger partial charge in [0.05, 0.1) is 0 Å². The van der Waals surface area contributed by atoms with Crippen molar-refractivity contribution in [3.8, 4) is 33.4 Å². The number of hydrogen-bond donors (Lipinski definition) is 0. The van der Waals surface area contributed by atoms with Crippen LogP contribution >= 0.6 is 0 Å². The fourth-order valence-electron chi connectivity index (χ4n) is 4.58. The molecule has 0 saturated carbocycles. The summed E-state index contributed by atoms with van der Waals surface area (Å²) < 4.78 is 0. The molecule has 4 aromatic rings. The summed E-state index contributed by atoms with van der Waals surface area (Å²) in [5.74, 6) is 0. The molecule has 0 atom stereocenters. The summed E-state index contributed by atoms with van der Waals surface area (Å²) in [4.78, 5) is 0. The van der Waals surface area contributed by atoms with Crippen molar-refractivity contribution in [1.82, 2.24) is 0 Å². The van der Waals surface area contributed by atoms with Crippen molar-refractivity contribution in [2.75, 3.05) is 0 Å². The molecule has 0 N–H and O–H groups in total. The Balaban J connectivity index is 2.02. The second kappa shape index (κ2) is 5.96. The normalized spacial score (nSPS) is 13.9. The van der Waals surface area contributed by atoms with Crippen LogP contribution in [-0.2, 0) is 5.41 Å². The van der Waals surface area contributed by atoms with Gasteiger partial charge in [-0.2, -0.15) is 0 Å². The van der Waals surface area contributed by atoms with Gasteiger partial charge in [-0.05, 0) is 44.5 Å². The third kappa shape index (κ3) is 2.37. The predicted molar refractivity (Wildman–Crippen MR) is 115 cm³/mol. The first kappa shape index (κ1) is 16.1. The maximum atomic E-state index is 2.35. The maximum absolute atomic E-state index is 2.35. The highest BCUT2D eigenvalue weighted by Crippen LogP contribution is 2.48. The van der Waals surface area contributed by atoms with Crippen LogP contribution in [0.2, 0.25) is 0 Å². The molecular formula is C27H22. The van der Waals surface area contributed by atoms with Crippen molar-refractivity contribution in [2.45, 2.75) is 19.3 Å². The second-order valence-corrected chi connectivity index (χ2v) is 7.81. The molecule has 27 heavy (non-hydrogen) atoms. The Hall–Kier alpha value is -3.12. The summed E-state index contributed by atoms with van der Waals surface area (Å²) in [6, 6.07) is 35.4. The van der Waals surface area contributed by atoms with Gasteiger partial charge in [0.25, 0.3) is 0 Å². The Labute approximate surface area is 161 Å². The van der Waals surface area contributed by atoms with E-state index < -0.39 is 0 Å². The Bertz CT molecular complexity index is 1060. The lowest BCUT2D eigenvalue weighted by Crippen LogP contribution is -2.20. The van der Waals surface area contributed by atoms with Gasteiger partial charge in [0, 0.05) is 5.41 Å². The van der Waals surface area contributed by atoms with Crippen LogP contribution in [0.25, 0.3) is 33.4 Å². The van der Waals surface area contributed by atoms with Crippen molar-refractivity contribution in [2.24, 2.45) is 0 Å². The zero-order valence-corrected chi connectivity index (χ0v) is 15.7. The van der Waals surface area contributed by atoms with Crippen molar-refractivity contribution < 1.29 is 0 Å². The molecule has 1 aliphatic rings. The average Bonchev–Trinajstić information content (AvgIpc) is 2.76. The first-order valence-electron chi connectivity index (χ1n) is 9.56. The van der Waals surface area contributed by atoms with E-state index in [1.807, 2.05) is 0 Å². The SMILES string of the molecule is CC1(C)c2ccccc2-c2ccccc2-c2ccccc2-c2ccccc21. The summed E-state index contributed by atoms with van der Waals surface area (Å²) in [5.41, 5.74) is 10.5. The molecular weight excluding hydrogens is 324 g/mol. The Kier molecular flexibility index (Phi) is 3.55. The highest BCUT2D eigenvalue weighted by atomic mass is 14.3. The molecule has 0 radical (unpaired) electrons. The number of benzene rings is 4. The van der Waals surface area contributed by atoms with Gasteiger partial charge < -0.3 is 0 Å². The molecule has 0 nitrogen and oxygen atoms in total. The molecule has 0 saturated heterocycles. The summed E-state index contributed by atoms with van der Waals surface area (Å²) >= 11 is 0. The molecule has 0 spiro atoms. The molecule has 4 aromatic carbocycles. The molecule has 1 aliphatic carbocycles. The van der Waals surface area contributed by atoms with Crippen LogP contribution in [0.3, 0.4) is 0 Å². The van der Waals surface area contributed by atoms with Gasteiger partial charge in [-0.1, -0.05) is 111 Å². The van der Waals surface area contributed by atoms with Gasteiger partial charge in [-0.15, -0.1) is 0 Å². The number of hydrogen-bond acceptors (Lipinski definition) is 0.